The lowest BCUT2D eigenvalue weighted by molar-refractivity contribution is 0.0205. The molecule has 0 bridgehead atoms. The largest absolute Gasteiger partial charge is 0.374 e. The molecule has 1 aliphatic rings. The average Bonchev–Trinajstić information content (AvgIpc) is 2.18. The minimum atomic E-state index is -3.15. The summed E-state index contributed by atoms with van der Waals surface area (Å²) in [6.07, 6.45) is -0.0303. The molecular weight excluding hydrogens is 216 g/mol. The van der Waals surface area contributed by atoms with E-state index in [1.165, 1.54) is 4.31 Å². The van der Waals surface area contributed by atoms with Gasteiger partial charge in [-0.25, -0.2) is 12.7 Å². The zero-order valence-corrected chi connectivity index (χ0v) is 10.4. The summed E-state index contributed by atoms with van der Waals surface area (Å²) < 4.78 is 30.3. The molecule has 1 unspecified atom stereocenters. The van der Waals surface area contributed by atoms with Crippen LogP contribution >= 0.6 is 0 Å². The van der Waals surface area contributed by atoms with E-state index in [2.05, 4.69) is 5.32 Å². The first kappa shape index (κ1) is 12.9. The first-order chi connectivity index (χ1) is 6.94. The van der Waals surface area contributed by atoms with Crippen LogP contribution in [0.4, 0.5) is 0 Å². The van der Waals surface area contributed by atoms with Crippen LogP contribution in [-0.2, 0) is 14.8 Å². The number of hydrogen-bond acceptors (Lipinski definition) is 4. The second-order valence-corrected chi connectivity index (χ2v) is 6.67. The van der Waals surface area contributed by atoms with E-state index in [4.69, 9.17) is 4.74 Å². The molecule has 1 rings (SSSR count). The van der Waals surface area contributed by atoms with E-state index in [0.717, 1.165) is 13.1 Å². The van der Waals surface area contributed by atoms with Gasteiger partial charge in [-0.2, -0.15) is 0 Å². The van der Waals surface area contributed by atoms with Gasteiger partial charge in [0.05, 0.1) is 18.0 Å². The van der Waals surface area contributed by atoms with Crippen molar-refractivity contribution in [2.24, 2.45) is 0 Å². The van der Waals surface area contributed by atoms with Crippen LogP contribution in [0.2, 0.25) is 0 Å². The fraction of sp³-hybridized carbons (Fsp3) is 1.00. The van der Waals surface area contributed by atoms with Gasteiger partial charge in [-0.15, -0.1) is 0 Å². The Morgan fingerprint density at radius 2 is 2.20 bits per heavy atom. The number of morpholine rings is 1. The molecule has 0 aliphatic carbocycles. The highest BCUT2D eigenvalue weighted by Gasteiger charge is 2.25. The van der Waals surface area contributed by atoms with Crippen LogP contribution in [0, 0.1) is 0 Å². The van der Waals surface area contributed by atoms with E-state index in [0.29, 0.717) is 13.2 Å². The van der Waals surface area contributed by atoms with Gasteiger partial charge in [0, 0.05) is 26.7 Å². The summed E-state index contributed by atoms with van der Waals surface area (Å²) >= 11 is 0. The third-order valence-electron chi connectivity index (χ3n) is 2.50. The van der Waals surface area contributed by atoms with Crippen molar-refractivity contribution >= 4 is 10.0 Å². The molecule has 1 heterocycles. The molecule has 6 heteroatoms. The van der Waals surface area contributed by atoms with Crippen molar-refractivity contribution in [3.63, 3.8) is 0 Å². The number of sulfonamides is 1. The van der Waals surface area contributed by atoms with Crippen LogP contribution < -0.4 is 5.32 Å². The van der Waals surface area contributed by atoms with Crippen LogP contribution in [0.1, 0.15) is 13.8 Å². The van der Waals surface area contributed by atoms with Crippen molar-refractivity contribution in [1.29, 1.82) is 0 Å². The van der Waals surface area contributed by atoms with Crippen molar-refractivity contribution in [3.05, 3.63) is 0 Å². The molecule has 0 saturated carbocycles. The summed E-state index contributed by atoms with van der Waals surface area (Å²) in [4.78, 5) is 0. The number of rotatable bonds is 4. The zero-order chi connectivity index (χ0) is 11.5. The topological polar surface area (TPSA) is 58.6 Å². The van der Waals surface area contributed by atoms with E-state index in [1.807, 2.05) is 0 Å². The molecule has 0 aromatic heterocycles. The lowest BCUT2D eigenvalue weighted by Gasteiger charge is -2.28. The summed E-state index contributed by atoms with van der Waals surface area (Å²) in [5.41, 5.74) is 0. The summed E-state index contributed by atoms with van der Waals surface area (Å²) in [5.74, 6) is 0. The Labute approximate surface area is 91.8 Å². The normalized spacial score (nSPS) is 23.7. The maximum Gasteiger partial charge on any atom is 0.216 e. The van der Waals surface area contributed by atoms with E-state index in [1.54, 1.807) is 20.9 Å². The van der Waals surface area contributed by atoms with Crippen molar-refractivity contribution in [2.45, 2.75) is 25.2 Å². The maximum absolute atomic E-state index is 11.8. The number of ether oxygens (including phenoxy) is 1. The Kier molecular flexibility index (Phi) is 4.51. The predicted octanol–water partition coefficient (Wildman–Crippen LogP) is -0.355. The monoisotopic (exact) mass is 236 g/mol. The van der Waals surface area contributed by atoms with E-state index in [9.17, 15) is 8.42 Å². The molecule has 1 aliphatic heterocycles. The standard InChI is InChI=1S/C9H20N2O3S/c1-8(2)15(12,13)11(3)7-9-6-10-4-5-14-9/h8-10H,4-7H2,1-3H3. The Balaban J connectivity index is 2.50. The smallest absolute Gasteiger partial charge is 0.216 e. The van der Waals surface area contributed by atoms with E-state index < -0.39 is 10.0 Å². The minimum absolute atomic E-state index is 0.0303. The molecule has 0 amide bonds. The predicted molar refractivity (Wildman–Crippen MR) is 59.3 cm³/mol. The van der Waals surface area contributed by atoms with Gasteiger partial charge in [0.25, 0.3) is 0 Å². The van der Waals surface area contributed by atoms with E-state index >= 15 is 0 Å². The highest BCUT2D eigenvalue weighted by atomic mass is 32.2. The SMILES string of the molecule is CC(C)S(=O)(=O)N(C)CC1CNCCO1. The van der Waals surface area contributed by atoms with Gasteiger partial charge in [-0.1, -0.05) is 0 Å². The molecule has 0 aromatic rings. The van der Waals surface area contributed by atoms with Crippen molar-refractivity contribution in [1.82, 2.24) is 9.62 Å². The van der Waals surface area contributed by atoms with Gasteiger partial charge in [-0.3, -0.25) is 0 Å². The van der Waals surface area contributed by atoms with Gasteiger partial charge in [0.1, 0.15) is 0 Å². The number of likely N-dealkylation sites (N-methyl/N-ethyl adjacent to an activating group) is 1. The Hall–Kier alpha value is -0.170. The third kappa shape index (κ3) is 3.41. The molecule has 5 nitrogen and oxygen atoms in total. The number of hydrogen-bond donors (Lipinski definition) is 1. The molecule has 0 spiro atoms. The Bertz CT molecular complexity index is 284. The van der Waals surface area contributed by atoms with Crippen molar-refractivity contribution < 1.29 is 13.2 Å². The Morgan fingerprint density at radius 3 is 2.67 bits per heavy atom. The molecular formula is C9H20N2O3S. The molecule has 1 saturated heterocycles. The maximum atomic E-state index is 11.8. The highest BCUT2D eigenvalue weighted by Crippen LogP contribution is 2.08. The molecule has 0 radical (unpaired) electrons. The van der Waals surface area contributed by atoms with Gasteiger partial charge >= 0.3 is 0 Å². The quantitative estimate of drug-likeness (QED) is 0.724. The molecule has 0 aromatic carbocycles. The number of nitrogens with zero attached hydrogens (tertiary/aromatic N) is 1. The van der Waals surface area contributed by atoms with Gasteiger partial charge in [0.15, 0.2) is 0 Å². The van der Waals surface area contributed by atoms with E-state index in [-0.39, 0.29) is 11.4 Å². The van der Waals surface area contributed by atoms with Crippen molar-refractivity contribution in [2.75, 3.05) is 33.3 Å². The van der Waals surface area contributed by atoms with Crippen LogP contribution in [0.5, 0.6) is 0 Å². The first-order valence-electron chi connectivity index (χ1n) is 5.22. The molecule has 90 valence electrons. The molecule has 1 fully saturated rings. The summed E-state index contributed by atoms with van der Waals surface area (Å²) in [6, 6.07) is 0. The fourth-order valence-corrected chi connectivity index (χ4v) is 2.58. The average molecular weight is 236 g/mol. The van der Waals surface area contributed by atoms with Crippen LogP contribution in [-0.4, -0.2) is 57.4 Å². The second-order valence-electron chi connectivity index (χ2n) is 4.07. The summed E-state index contributed by atoms with van der Waals surface area (Å²) in [5, 5.41) is 2.80. The van der Waals surface area contributed by atoms with Gasteiger partial charge in [0.2, 0.25) is 10.0 Å². The lowest BCUT2D eigenvalue weighted by atomic mass is 10.3. The molecule has 1 atom stereocenters. The second kappa shape index (κ2) is 5.25. The summed E-state index contributed by atoms with van der Waals surface area (Å²) in [7, 11) is -1.55. The summed E-state index contributed by atoms with van der Waals surface area (Å²) in [6.45, 7) is 6.01. The molecule has 15 heavy (non-hydrogen) atoms. The van der Waals surface area contributed by atoms with Crippen molar-refractivity contribution in [3.8, 4) is 0 Å². The van der Waals surface area contributed by atoms with Crippen LogP contribution in [0.3, 0.4) is 0 Å². The molecule has 1 N–H and O–H groups in total. The third-order valence-corrected chi connectivity index (χ3v) is 4.70. The zero-order valence-electron chi connectivity index (χ0n) is 9.56. The minimum Gasteiger partial charge on any atom is -0.374 e. The van der Waals surface area contributed by atoms with Gasteiger partial charge < -0.3 is 10.1 Å². The van der Waals surface area contributed by atoms with Crippen LogP contribution in [0.15, 0.2) is 0 Å². The Morgan fingerprint density at radius 1 is 1.53 bits per heavy atom. The van der Waals surface area contributed by atoms with Crippen LogP contribution in [0.25, 0.3) is 0 Å². The first-order valence-corrected chi connectivity index (χ1v) is 6.72. The highest BCUT2D eigenvalue weighted by molar-refractivity contribution is 7.89. The van der Waals surface area contributed by atoms with Gasteiger partial charge in [-0.05, 0) is 13.8 Å². The lowest BCUT2D eigenvalue weighted by Crippen LogP contribution is -2.46. The number of nitrogens with one attached hydrogen (secondary N) is 1. The fourth-order valence-electron chi connectivity index (χ4n) is 1.49.